The number of rotatable bonds is 5. The highest BCUT2D eigenvalue weighted by atomic mass is 32.2. The zero-order chi connectivity index (χ0) is 12.2. The molecule has 0 saturated heterocycles. The SMILES string of the molecule is CS(=O)(=O)CCNc1ccc(C(=O)O)cn1. The number of hydrogen-bond acceptors (Lipinski definition) is 5. The summed E-state index contributed by atoms with van der Waals surface area (Å²) in [5, 5.41) is 11.4. The summed E-state index contributed by atoms with van der Waals surface area (Å²) in [5.41, 5.74) is 0.0914. The standard InChI is InChI=1S/C9H12N2O4S/c1-16(14,15)5-4-10-8-3-2-7(6-11-8)9(12)13/h2-3,6H,4-5H2,1H3,(H,10,11)(H,12,13). The average Bonchev–Trinajstić information content (AvgIpc) is 2.16. The van der Waals surface area contributed by atoms with Gasteiger partial charge in [-0.05, 0) is 12.1 Å². The molecular formula is C9H12N2O4S. The number of hydrogen-bond donors (Lipinski definition) is 2. The summed E-state index contributed by atoms with van der Waals surface area (Å²) in [5.74, 6) is -0.584. The maximum absolute atomic E-state index is 10.8. The number of sulfone groups is 1. The minimum absolute atomic E-state index is 0.00929. The molecule has 0 fully saturated rings. The lowest BCUT2D eigenvalue weighted by molar-refractivity contribution is 0.0696. The van der Waals surface area contributed by atoms with Crippen molar-refractivity contribution in [3.05, 3.63) is 23.9 Å². The number of carboxylic acid groups (broad SMARTS) is 1. The van der Waals surface area contributed by atoms with E-state index in [-0.39, 0.29) is 17.9 Å². The van der Waals surface area contributed by atoms with Crippen molar-refractivity contribution in [2.75, 3.05) is 23.9 Å². The van der Waals surface area contributed by atoms with Gasteiger partial charge in [0.25, 0.3) is 0 Å². The largest absolute Gasteiger partial charge is 0.478 e. The van der Waals surface area contributed by atoms with Gasteiger partial charge in [-0.3, -0.25) is 0 Å². The average molecular weight is 244 g/mol. The van der Waals surface area contributed by atoms with Gasteiger partial charge in [0.05, 0.1) is 11.3 Å². The Balaban J connectivity index is 2.53. The first-order chi connectivity index (χ1) is 7.38. The van der Waals surface area contributed by atoms with Crippen LogP contribution >= 0.6 is 0 Å². The van der Waals surface area contributed by atoms with Crippen LogP contribution in [0.25, 0.3) is 0 Å². The Morgan fingerprint density at radius 2 is 2.19 bits per heavy atom. The molecule has 0 atom stereocenters. The van der Waals surface area contributed by atoms with Crippen molar-refractivity contribution in [1.29, 1.82) is 0 Å². The molecule has 1 rings (SSSR count). The van der Waals surface area contributed by atoms with Crippen LogP contribution in [-0.2, 0) is 9.84 Å². The summed E-state index contributed by atoms with van der Waals surface area (Å²) in [4.78, 5) is 14.4. The van der Waals surface area contributed by atoms with Crippen LogP contribution in [0.2, 0.25) is 0 Å². The molecule has 0 amide bonds. The summed E-state index contributed by atoms with van der Waals surface area (Å²) in [6.07, 6.45) is 2.36. The van der Waals surface area contributed by atoms with Gasteiger partial charge in [-0.1, -0.05) is 0 Å². The van der Waals surface area contributed by atoms with E-state index in [0.717, 1.165) is 6.26 Å². The van der Waals surface area contributed by atoms with E-state index in [1.165, 1.54) is 18.3 Å². The minimum atomic E-state index is -3.00. The topological polar surface area (TPSA) is 96.4 Å². The van der Waals surface area contributed by atoms with E-state index in [1.807, 2.05) is 0 Å². The number of anilines is 1. The summed E-state index contributed by atoms with van der Waals surface area (Å²) >= 11 is 0. The second kappa shape index (κ2) is 4.93. The zero-order valence-corrected chi connectivity index (χ0v) is 9.49. The number of carbonyl (C=O) groups is 1. The maximum Gasteiger partial charge on any atom is 0.337 e. The van der Waals surface area contributed by atoms with Gasteiger partial charge >= 0.3 is 5.97 Å². The highest BCUT2D eigenvalue weighted by Crippen LogP contribution is 2.04. The lowest BCUT2D eigenvalue weighted by Crippen LogP contribution is -2.14. The molecule has 0 bridgehead atoms. The fourth-order valence-corrected chi connectivity index (χ4v) is 1.46. The molecule has 0 radical (unpaired) electrons. The molecule has 0 aromatic carbocycles. The van der Waals surface area contributed by atoms with Crippen molar-refractivity contribution in [1.82, 2.24) is 4.98 Å². The molecule has 0 saturated carbocycles. The third-order valence-electron chi connectivity index (χ3n) is 1.79. The molecule has 0 aliphatic heterocycles. The van der Waals surface area contributed by atoms with E-state index in [0.29, 0.717) is 5.82 Å². The molecule has 7 heteroatoms. The number of pyridine rings is 1. The second-order valence-electron chi connectivity index (χ2n) is 3.29. The van der Waals surface area contributed by atoms with Gasteiger partial charge in [0, 0.05) is 19.0 Å². The van der Waals surface area contributed by atoms with Gasteiger partial charge in [-0.2, -0.15) is 0 Å². The van der Waals surface area contributed by atoms with Crippen LogP contribution in [0.4, 0.5) is 5.82 Å². The van der Waals surface area contributed by atoms with E-state index in [2.05, 4.69) is 10.3 Å². The third kappa shape index (κ3) is 4.26. The third-order valence-corrected chi connectivity index (χ3v) is 2.74. The Morgan fingerprint density at radius 3 is 2.62 bits per heavy atom. The van der Waals surface area contributed by atoms with Crippen LogP contribution in [0.1, 0.15) is 10.4 Å². The number of nitrogens with zero attached hydrogens (tertiary/aromatic N) is 1. The predicted molar refractivity (Wildman–Crippen MR) is 59.4 cm³/mol. The Morgan fingerprint density at radius 1 is 1.50 bits per heavy atom. The molecule has 0 aliphatic carbocycles. The van der Waals surface area contributed by atoms with E-state index in [1.54, 1.807) is 0 Å². The monoisotopic (exact) mass is 244 g/mol. The number of aromatic carboxylic acids is 1. The molecule has 0 unspecified atom stereocenters. The van der Waals surface area contributed by atoms with Crippen LogP contribution in [0.3, 0.4) is 0 Å². The zero-order valence-electron chi connectivity index (χ0n) is 8.67. The quantitative estimate of drug-likeness (QED) is 0.770. The Bertz CT molecular complexity index is 467. The van der Waals surface area contributed by atoms with Gasteiger partial charge < -0.3 is 10.4 Å². The van der Waals surface area contributed by atoms with Crippen molar-refractivity contribution in [3.63, 3.8) is 0 Å². The number of carboxylic acids is 1. The summed E-state index contributed by atoms with van der Waals surface area (Å²) in [6, 6.07) is 2.89. The van der Waals surface area contributed by atoms with E-state index in [4.69, 9.17) is 5.11 Å². The first-order valence-corrected chi connectivity index (χ1v) is 6.55. The van der Waals surface area contributed by atoms with Crippen molar-refractivity contribution in [2.24, 2.45) is 0 Å². The molecule has 6 nitrogen and oxygen atoms in total. The summed E-state index contributed by atoms with van der Waals surface area (Å²) in [7, 11) is -3.00. The van der Waals surface area contributed by atoms with Gasteiger partial charge in [-0.25, -0.2) is 18.2 Å². The molecule has 1 aromatic heterocycles. The molecule has 0 aliphatic rings. The van der Waals surface area contributed by atoms with E-state index in [9.17, 15) is 13.2 Å². The Kier molecular flexibility index (Phi) is 3.83. The minimum Gasteiger partial charge on any atom is -0.478 e. The highest BCUT2D eigenvalue weighted by Gasteiger charge is 2.04. The van der Waals surface area contributed by atoms with Gasteiger partial charge in [0.2, 0.25) is 0 Å². The molecule has 16 heavy (non-hydrogen) atoms. The lowest BCUT2D eigenvalue weighted by atomic mass is 10.3. The lowest BCUT2D eigenvalue weighted by Gasteiger charge is -2.04. The highest BCUT2D eigenvalue weighted by molar-refractivity contribution is 7.90. The molecule has 2 N–H and O–H groups in total. The summed E-state index contributed by atoms with van der Waals surface area (Å²) < 4.78 is 21.7. The van der Waals surface area contributed by atoms with Gasteiger partial charge in [-0.15, -0.1) is 0 Å². The van der Waals surface area contributed by atoms with Crippen molar-refractivity contribution in [3.8, 4) is 0 Å². The smallest absolute Gasteiger partial charge is 0.337 e. The molecule has 1 aromatic rings. The summed E-state index contributed by atoms with van der Waals surface area (Å²) in [6.45, 7) is 0.248. The number of aromatic nitrogens is 1. The first-order valence-electron chi connectivity index (χ1n) is 4.49. The van der Waals surface area contributed by atoms with E-state index >= 15 is 0 Å². The van der Waals surface area contributed by atoms with Crippen molar-refractivity contribution < 1.29 is 18.3 Å². The molecular weight excluding hydrogens is 232 g/mol. The fraction of sp³-hybridized carbons (Fsp3) is 0.333. The molecule has 0 spiro atoms. The second-order valence-corrected chi connectivity index (χ2v) is 5.55. The van der Waals surface area contributed by atoms with Crippen LogP contribution in [-0.4, -0.2) is 43.0 Å². The van der Waals surface area contributed by atoms with Crippen LogP contribution in [0.5, 0.6) is 0 Å². The van der Waals surface area contributed by atoms with Crippen molar-refractivity contribution in [2.45, 2.75) is 0 Å². The normalized spacial score (nSPS) is 11.1. The molecule has 88 valence electrons. The maximum atomic E-state index is 10.8. The number of nitrogens with one attached hydrogen (secondary N) is 1. The fourth-order valence-electron chi connectivity index (χ4n) is 0.989. The van der Waals surface area contributed by atoms with Crippen LogP contribution < -0.4 is 5.32 Å². The Labute approximate surface area is 93.2 Å². The van der Waals surface area contributed by atoms with Gasteiger partial charge in [0.1, 0.15) is 15.7 Å². The van der Waals surface area contributed by atoms with E-state index < -0.39 is 15.8 Å². The van der Waals surface area contributed by atoms with Gasteiger partial charge in [0.15, 0.2) is 0 Å². The van der Waals surface area contributed by atoms with Crippen LogP contribution in [0.15, 0.2) is 18.3 Å². The first kappa shape index (κ1) is 12.4. The van der Waals surface area contributed by atoms with Crippen molar-refractivity contribution >= 4 is 21.6 Å². The Hall–Kier alpha value is -1.63. The van der Waals surface area contributed by atoms with Crippen LogP contribution in [0, 0.1) is 0 Å². The molecule has 1 heterocycles. The predicted octanol–water partition coefficient (Wildman–Crippen LogP) is 0.236.